The zero-order valence-corrected chi connectivity index (χ0v) is 15.3. The number of alkyl halides is 3. The predicted molar refractivity (Wildman–Crippen MR) is 98.2 cm³/mol. The van der Waals surface area contributed by atoms with Crippen LogP contribution in [-0.4, -0.2) is 29.0 Å². The summed E-state index contributed by atoms with van der Waals surface area (Å²) in [5.74, 6) is -0.198. The third kappa shape index (κ3) is 4.71. The van der Waals surface area contributed by atoms with Crippen LogP contribution in [-0.2, 0) is 6.18 Å². The van der Waals surface area contributed by atoms with E-state index in [2.05, 4.69) is 15.3 Å². The van der Waals surface area contributed by atoms with Crippen LogP contribution < -0.4 is 15.8 Å². The minimum Gasteiger partial charge on any atom is -0.344 e. The molecule has 1 amide bonds. The van der Waals surface area contributed by atoms with Gasteiger partial charge in [0, 0.05) is 19.2 Å². The van der Waals surface area contributed by atoms with Gasteiger partial charge in [0.25, 0.3) is 11.5 Å². The summed E-state index contributed by atoms with van der Waals surface area (Å²) in [5.41, 5.74) is -0.689. The Bertz CT molecular complexity index is 887. The van der Waals surface area contributed by atoms with E-state index in [1.165, 1.54) is 12.1 Å². The number of hydrogen-bond donors (Lipinski definition) is 2. The topological polar surface area (TPSA) is 78.1 Å². The molecule has 150 valence electrons. The monoisotopic (exact) mass is 394 g/mol. The first kappa shape index (κ1) is 19.9. The molecule has 0 spiro atoms. The van der Waals surface area contributed by atoms with Crippen molar-refractivity contribution in [1.82, 2.24) is 15.3 Å². The molecule has 28 heavy (non-hydrogen) atoms. The summed E-state index contributed by atoms with van der Waals surface area (Å²) < 4.78 is 38.0. The Labute approximate surface area is 159 Å². The summed E-state index contributed by atoms with van der Waals surface area (Å²) in [6, 6.07) is 5.14. The molecule has 1 fully saturated rings. The van der Waals surface area contributed by atoms with Gasteiger partial charge in [0.05, 0.1) is 11.6 Å². The van der Waals surface area contributed by atoms with E-state index >= 15 is 0 Å². The van der Waals surface area contributed by atoms with Crippen LogP contribution >= 0.6 is 0 Å². The summed E-state index contributed by atoms with van der Waals surface area (Å²) in [7, 11) is 0. The average molecular weight is 394 g/mol. The molecule has 9 heteroatoms. The molecule has 1 aromatic heterocycles. The highest BCUT2D eigenvalue weighted by Gasteiger charge is 2.30. The number of carbonyl (C=O) groups excluding carboxylic acids is 1. The maximum Gasteiger partial charge on any atom is 0.416 e. The van der Waals surface area contributed by atoms with E-state index in [-0.39, 0.29) is 5.69 Å². The number of hydrogen-bond acceptors (Lipinski definition) is 4. The summed E-state index contributed by atoms with van der Waals surface area (Å²) in [5, 5.41) is 2.67. The highest BCUT2D eigenvalue weighted by Crippen LogP contribution is 2.29. The number of rotatable bonds is 4. The molecular weight excluding hydrogens is 373 g/mol. The van der Waals surface area contributed by atoms with E-state index in [0.717, 1.165) is 50.6 Å². The first-order valence-electron chi connectivity index (χ1n) is 9.08. The third-order valence-corrected chi connectivity index (χ3v) is 4.70. The van der Waals surface area contributed by atoms with Crippen molar-refractivity contribution < 1.29 is 18.0 Å². The van der Waals surface area contributed by atoms with E-state index < -0.39 is 29.2 Å². The van der Waals surface area contributed by atoms with Gasteiger partial charge in [0.2, 0.25) is 5.95 Å². The van der Waals surface area contributed by atoms with Gasteiger partial charge in [-0.25, -0.2) is 4.98 Å². The molecule has 1 saturated heterocycles. The molecule has 0 radical (unpaired) electrons. The molecule has 1 aliphatic rings. The standard InChI is InChI=1S/C19H21F3N4O2/c1-12(13-5-7-14(8-6-13)19(20,21)22)23-17(28)15-11-16(27)25-18(24-15)26-9-3-2-4-10-26/h5-8,11-12H,2-4,9-10H2,1H3,(H,23,28)(H,24,25,27). The van der Waals surface area contributed by atoms with Crippen LogP contribution in [0.5, 0.6) is 0 Å². The van der Waals surface area contributed by atoms with Crippen molar-refractivity contribution in [3.8, 4) is 0 Å². The number of anilines is 1. The first-order valence-corrected chi connectivity index (χ1v) is 9.08. The molecule has 2 N–H and O–H groups in total. The lowest BCUT2D eigenvalue weighted by atomic mass is 10.1. The van der Waals surface area contributed by atoms with Crippen LogP contribution in [0.15, 0.2) is 35.1 Å². The molecule has 1 atom stereocenters. The van der Waals surface area contributed by atoms with Crippen LogP contribution in [0.3, 0.4) is 0 Å². The molecule has 0 aliphatic carbocycles. The summed E-state index contributed by atoms with van der Waals surface area (Å²) in [6.07, 6.45) is -1.31. The van der Waals surface area contributed by atoms with Gasteiger partial charge in [-0.15, -0.1) is 0 Å². The van der Waals surface area contributed by atoms with E-state index in [1.54, 1.807) is 6.92 Å². The number of piperidine rings is 1. The summed E-state index contributed by atoms with van der Waals surface area (Å²) >= 11 is 0. The number of H-pyrrole nitrogens is 1. The van der Waals surface area contributed by atoms with E-state index in [9.17, 15) is 22.8 Å². The van der Waals surface area contributed by atoms with Crippen molar-refractivity contribution in [2.45, 2.75) is 38.4 Å². The molecule has 2 heterocycles. The van der Waals surface area contributed by atoms with Crippen LogP contribution in [0.4, 0.5) is 19.1 Å². The Morgan fingerprint density at radius 1 is 1.18 bits per heavy atom. The number of aromatic nitrogens is 2. The largest absolute Gasteiger partial charge is 0.416 e. The number of benzene rings is 1. The van der Waals surface area contributed by atoms with Crippen molar-refractivity contribution in [1.29, 1.82) is 0 Å². The lowest BCUT2D eigenvalue weighted by molar-refractivity contribution is -0.137. The fraction of sp³-hybridized carbons (Fsp3) is 0.421. The molecule has 2 aromatic rings. The lowest BCUT2D eigenvalue weighted by Crippen LogP contribution is -2.34. The van der Waals surface area contributed by atoms with Gasteiger partial charge in [0.15, 0.2) is 0 Å². The summed E-state index contributed by atoms with van der Waals surface area (Å²) in [6.45, 7) is 3.17. The molecule has 1 aliphatic heterocycles. The smallest absolute Gasteiger partial charge is 0.344 e. The van der Waals surface area contributed by atoms with Gasteiger partial charge in [0.1, 0.15) is 5.69 Å². The molecule has 6 nitrogen and oxygen atoms in total. The van der Waals surface area contributed by atoms with Gasteiger partial charge >= 0.3 is 6.18 Å². The van der Waals surface area contributed by atoms with Crippen molar-refractivity contribution in [3.05, 3.63) is 57.5 Å². The van der Waals surface area contributed by atoms with Crippen LogP contribution in [0.25, 0.3) is 0 Å². The molecular formula is C19H21F3N4O2. The number of nitrogens with one attached hydrogen (secondary N) is 2. The second kappa shape index (κ2) is 8.04. The van der Waals surface area contributed by atoms with Crippen LogP contribution in [0, 0.1) is 0 Å². The maximum atomic E-state index is 12.7. The zero-order valence-electron chi connectivity index (χ0n) is 15.3. The first-order chi connectivity index (χ1) is 13.2. The molecule has 1 aromatic carbocycles. The number of amides is 1. The van der Waals surface area contributed by atoms with Gasteiger partial charge in [-0.2, -0.15) is 13.2 Å². The predicted octanol–water partition coefficient (Wildman–Crippen LogP) is 3.27. The third-order valence-electron chi connectivity index (χ3n) is 4.70. The lowest BCUT2D eigenvalue weighted by Gasteiger charge is -2.27. The minimum absolute atomic E-state index is 0.0249. The Kier molecular flexibility index (Phi) is 5.71. The van der Waals surface area contributed by atoms with Crippen molar-refractivity contribution >= 4 is 11.9 Å². The number of carbonyl (C=O) groups is 1. The molecule has 0 saturated carbocycles. The SMILES string of the molecule is CC(NC(=O)c1cc(=O)[nH]c(N2CCCCC2)n1)c1ccc(C(F)(F)F)cc1. The quantitative estimate of drug-likeness (QED) is 0.834. The van der Waals surface area contributed by atoms with Crippen LogP contribution in [0.1, 0.15) is 53.8 Å². The fourth-order valence-corrected chi connectivity index (χ4v) is 3.13. The van der Waals surface area contributed by atoms with E-state index in [1.807, 2.05) is 4.90 Å². The van der Waals surface area contributed by atoms with Gasteiger partial charge < -0.3 is 10.2 Å². The van der Waals surface area contributed by atoms with E-state index in [4.69, 9.17) is 0 Å². The fourth-order valence-electron chi connectivity index (χ4n) is 3.13. The number of aromatic amines is 1. The Balaban J connectivity index is 1.73. The van der Waals surface area contributed by atoms with Crippen molar-refractivity contribution in [2.75, 3.05) is 18.0 Å². The van der Waals surface area contributed by atoms with Crippen molar-refractivity contribution in [2.24, 2.45) is 0 Å². The second-order valence-electron chi connectivity index (χ2n) is 6.82. The highest BCUT2D eigenvalue weighted by molar-refractivity contribution is 5.92. The summed E-state index contributed by atoms with van der Waals surface area (Å²) in [4.78, 5) is 33.3. The van der Waals surface area contributed by atoms with Crippen molar-refractivity contribution in [3.63, 3.8) is 0 Å². The Morgan fingerprint density at radius 2 is 1.82 bits per heavy atom. The Hall–Kier alpha value is -2.84. The Morgan fingerprint density at radius 3 is 2.43 bits per heavy atom. The molecule has 3 rings (SSSR count). The van der Waals surface area contributed by atoms with E-state index in [0.29, 0.717) is 11.5 Å². The van der Waals surface area contributed by atoms with Gasteiger partial charge in [-0.3, -0.25) is 14.6 Å². The van der Waals surface area contributed by atoms with Crippen LogP contribution in [0.2, 0.25) is 0 Å². The van der Waals surface area contributed by atoms with Gasteiger partial charge in [-0.05, 0) is 43.9 Å². The highest BCUT2D eigenvalue weighted by atomic mass is 19.4. The zero-order chi connectivity index (χ0) is 20.3. The minimum atomic E-state index is -4.41. The normalized spacial score (nSPS) is 15.9. The molecule has 1 unspecified atom stereocenters. The molecule has 0 bridgehead atoms. The average Bonchev–Trinajstić information content (AvgIpc) is 2.67. The second-order valence-corrected chi connectivity index (χ2v) is 6.82. The van der Waals surface area contributed by atoms with Gasteiger partial charge in [-0.1, -0.05) is 12.1 Å². The number of nitrogens with zero attached hydrogens (tertiary/aromatic N) is 2. The maximum absolute atomic E-state index is 12.7. The number of halogens is 3.